The van der Waals surface area contributed by atoms with E-state index in [4.69, 9.17) is 26.7 Å². The van der Waals surface area contributed by atoms with Gasteiger partial charge in [0.15, 0.2) is 11.1 Å². The normalized spacial score (nSPS) is 25.3. The molecule has 2 rings (SSSR count). The summed E-state index contributed by atoms with van der Waals surface area (Å²) in [5, 5.41) is 0. The summed E-state index contributed by atoms with van der Waals surface area (Å²) in [4.78, 5) is 41.6. The number of carbonyl (C=O) groups excluding carboxylic acids is 1. The zero-order chi connectivity index (χ0) is 16.5. The van der Waals surface area contributed by atoms with Gasteiger partial charge in [0.05, 0.1) is 5.56 Å². The Kier molecular flexibility index (Phi) is 4.76. The molecule has 2 atom stereocenters. The van der Waals surface area contributed by atoms with Crippen LogP contribution in [0, 0.1) is 4.77 Å². The number of rotatable bonds is 5. The number of phosphoric acid groups is 1. The van der Waals surface area contributed by atoms with Gasteiger partial charge in [-0.2, -0.15) is 0 Å². The van der Waals surface area contributed by atoms with Gasteiger partial charge < -0.3 is 14.5 Å². The summed E-state index contributed by atoms with van der Waals surface area (Å²) in [6.07, 6.45) is 0.426. The molecule has 1 aromatic rings. The fourth-order valence-electron chi connectivity index (χ4n) is 1.98. The number of hydrogen-bond donors (Lipinski definition) is 3. The molecule has 3 N–H and O–H groups in total. The highest BCUT2D eigenvalue weighted by Crippen LogP contribution is 2.43. The zero-order valence-electron chi connectivity index (χ0n) is 11.0. The average molecular weight is 354 g/mol. The quantitative estimate of drug-likeness (QED) is 0.402. The van der Waals surface area contributed by atoms with E-state index in [-0.39, 0.29) is 23.2 Å². The van der Waals surface area contributed by atoms with E-state index in [0.29, 0.717) is 6.29 Å². The van der Waals surface area contributed by atoms with Crippen LogP contribution in [0.3, 0.4) is 0 Å². The molecule has 12 heteroatoms. The lowest BCUT2D eigenvalue weighted by Crippen LogP contribution is -2.29. The number of carbonyl (C=O) groups is 1. The summed E-state index contributed by atoms with van der Waals surface area (Å²) in [7, 11) is -4.82. The van der Waals surface area contributed by atoms with Crippen LogP contribution in [0.4, 0.5) is 4.39 Å². The minimum Gasteiger partial charge on any atom is -0.320 e. The number of aromatic nitrogens is 2. The second-order valence-electron chi connectivity index (χ2n) is 4.63. The molecule has 0 aromatic carbocycles. The van der Waals surface area contributed by atoms with Crippen LogP contribution in [0.5, 0.6) is 0 Å². The molecule has 0 radical (unpaired) electrons. The van der Waals surface area contributed by atoms with Crippen molar-refractivity contribution in [2.24, 2.45) is 0 Å². The molecule has 9 nitrogen and oxygen atoms in total. The molecule has 2 heterocycles. The molecule has 1 aliphatic heterocycles. The highest BCUT2D eigenvalue weighted by atomic mass is 32.1. The average Bonchev–Trinajstić information content (AvgIpc) is 2.79. The third kappa shape index (κ3) is 3.94. The summed E-state index contributed by atoms with van der Waals surface area (Å²) in [6.45, 7) is -0.953. The number of alkyl halides is 1. The third-order valence-electron chi connectivity index (χ3n) is 2.99. The highest BCUT2D eigenvalue weighted by Gasteiger charge is 2.43. The number of halogens is 1. The smallest absolute Gasteiger partial charge is 0.320 e. The monoisotopic (exact) mass is 354 g/mol. The van der Waals surface area contributed by atoms with Crippen LogP contribution in [0.15, 0.2) is 11.0 Å². The number of aldehydes is 1. The SMILES string of the molecule is O=Cc1cn([C@H]2CC[C@@](F)(COP(=O)(O)O)O2)c(=S)[nH]c1=O. The topological polar surface area (TPSA) is 131 Å². The first-order chi connectivity index (χ1) is 10.1. The Morgan fingerprint density at radius 3 is 2.95 bits per heavy atom. The summed E-state index contributed by atoms with van der Waals surface area (Å²) in [5.41, 5.74) is -0.884. The summed E-state index contributed by atoms with van der Waals surface area (Å²) in [5.74, 6) is -2.40. The first-order valence-corrected chi connectivity index (χ1v) is 7.95. The highest BCUT2D eigenvalue weighted by molar-refractivity contribution is 7.71. The molecule has 0 spiro atoms. The van der Waals surface area contributed by atoms with Gasteiger partial charge >= 0.3 is 7.82 Å². The molecule has 122 valence electrons. The molecule has 0 unspecified atom stereocenters. The van der Waals surface area contributed by atoms with Crippen molar-refractivity contribution in [2.75, 3.05) is 6.61 Å². The van der Waals surface area contributed by atoms with E-state index in [9.17, 15) is 18.5 Å². The Labute approximate surface area is 127 Å². The number of nitrogens with one attached hydrogen (secondary N) is 1. The van der Waals surface area contributed by atoms with Gasteiger partial charge in [-0.15, -0.1) is 0 Å². The predicted octanol–water partition coefficient (Wildman–Crippen LogP) is 0.802. The molecule has 1 saturated heterocycles. The second-order valence-corrected chi connectivity index (χ2v) is 6.25. The maximum Gasteiger partial charge on any atom is 0.469 e. The van der Waals surface area contributed by atoms with E-state index in [0.717, 1.165) is 6.20 Å². The molecule has 0 saturated carbocycles. The standard InChI is InChI=1S/C10H12FN2O7PS/c11-10(5-19-21(16,17)18)2-1-7(20-10)13-3-6(4-14)8(15)12-9(13)22/h3-4,7H,1-2,5H2,(H,12,15,22)(H2,16,17,18)/t7-,10+/m1/s1. The van der Waals surface area contributed by atoms with Crippen molar-refractivity contribution in [1.82, 2.24) is 9.55 Å². The molecule has 0 amide bonds. The van der Waals surface area contributed by atoms with Gasteiger partial charge in [0.25, 0.3) is 5.56 Å². The van der Waals surface area contributed by atoms with E-state index < -0.39 is 32.1 Å². The van der Waals surface area contributed by atoms with Crippen LogP contribution in [-0.2, 0) is 13.8 Å². The number of phosphoric ester groups is 1. The minimum absolute atomic E-state index is 0.0687. The van der Waals surface area contributed by atoms with Gasteiger partial charge in [0.2, 0.25) is 5.85 Å². The van der Waals surface area contributed by atoms with E-state index in [1.807, 2.05) is 0 Å². The fourth-order valence-corrected chi connectivity index (χ4v) is 2.61. The summed E-state index contributed by atoms with van der Waals surface area (Å²) < 4.78 is 35.2. The Morgan fingerprint density at radius 1 is 1.68 bits per heavy atom. The molecule has 1 aromatic heterocycles. The van der Waals surface area contributed by atoms with Crippen LogP contribution in [0.1, 0.15) is 29.4 Å². The van der Waals surface area contributed by atoms with Gasteiger partial charge in [0, 0.05) is 12.6 Å². The lowest BCUT2D eigenvalue weighted by molar-refractivity contribution is -0.174. The first-order valence-electron chi connectivity index (χ1n) is 6.01. The molecule has 1 aliphatic rings. The van der Waals surface area contributed by atoms with Crippen molar-refractivity contribution in [3.8, 4) is 0 Å². The van der Waals surface area contributed by atoms with Gasteiger partial charge in [-0.05, 0) is 18.6 Å². The summed E-state index contributed by atoms with van der Waals surface area (Å²) in [6, 6.07) is 0. The molecular weight excluding hydrogens is 342 g/mol. The Hall–Kier alpha value is -1.23. The number of H-pyrrole nitrogens is 1. The van der Waals surface area contributed by atoms with Crippen molar-refractivity contribution in [3.63, 3.8) is 0 Å². The van der Waals surface area contributed by atoms with Gasteiger partial charge in [-0.25, -0.2) is 8.96 Å². The van der Waals surface area contributed by atoms with Crippen molar-refractivity contribution < 1.29 is 32.8 Å². The van der Waals surface area contributed by atoms with Gasteiger partial charge in [-0.3, -0.25) is 23.7 Å². The molecule has 22 heavy (non-hydrogen) atoms. The first kappa shape index (κ1) is 17.1. The maximum absolute atomic E-state index is 14.3. The van der Waals surface area contributed by atoms with E-state index in [1.165, 1.54) is 4.57 Å². The van der Waals surface area contributed by atoms with E-state index in [2.05, 4.69) is 9.51 Å². The van der Waals surface area contributed by atoms with Crippen molar-refractivity contribution in [2.45, 2.75) is 24.9 Å². The van der Waals surface area contributed by atoms with E-state index in [1.54, 1.807) is 0 Å². The number of aromatic amines is 1. The maximum atomic E-state index is 14.3. The second kappa shape index (κ2) is 6.11. The van der Waals surface area contributed by atoms with Crippen LogP contribution in [-0.4, -0.2) is 38.1 Å². The largest absolute Gasteiger partial charge is 0.469 e. The molecule has 0 bridgehead atoms. The van der Waals surface area contributed by atoms with Gasteiger partial charge in [0.1, 0.15) is 12.8 Å². The van der Waals surface area contributed by atoms with Gasteiger partial charge in [-0.1, -0.05) is 0 Å². The van der Waals surface area contributed by atoms with E-state index >= 15 is 0 Å². The third-order valence-corrected chi connectivity index (χ3v) is 3.77. The Balaban J connectivity index is 2.20. The zero-order valence-corrected chi connectivity index (χ0v) is 12.7. The van der Waals surface area contributed by atoms with Crippen LogP contribution >= 0.6 is 20.0 Å². The van der Waals surface area contributed by atoms with Crippen LogP contribution in [0.25, 0.3) is 0 Å². The molecular formula is C10H12FN2O7PS. The Morgan fingerprint density at radius 2 is 2.36 bits per heavy atom. The molecule has 1 fully saturated rings. The van der Waals surface area contributed by atoms with Crippen LogP contribution < -0.4 is 5.56 Å². The minimum atomic E-state index is -4.82. The van der Waals surface area contributed by atoms with Crippen molar-refractivity contribution >= 4 is 26.3 Å². The lowest BCUT2D eigenvalue weighted by Gasteiger charge is -2.21. The number of nitrogens with zero attached hydrogens (tertiary/aromatic N) is 1. The summed E-state index contributed by atoms with van der Waals surface area (Å²) >= 11 is 4.92. The number of hydrogen-bond acceptors (Lipinski definition) is 6. The van der Waals surface area contributed by atoms with Crippen molar-refractivity contribution in [3.05, 3.63) is 26.9 Å². The fraction of sp³-hybridized carbons (Fsp3) is 0.500. The Bertz CT molecular complexity index is 744. The molecule has 0 aliphatic carbocycles. The predicted molar refractivity (Wildman–Crippen MR) is 72.5 cm³/mol. The lowest BCUT2D eigenvalue weighted by atomic mass is 10.2. The number of ether oxygens (including phenoxy) is 1. The van der Waals surface area contributed by atoms with Crippen molar-refractivity contribution in [1.29, 1.82) is 0 Å². The van der Waals surface area contributed by atoms with Crippen LogP contribution in [0.2, 0.25) is 0 Å².